The SMILES string of the molecule is CCNC(=O)c1cc(C)ccc1C#CCCO. The smallest absolute Gasteiger partial charge is 0.252 e. The van der Waals surface area contributed by atoms with E-state index in [1.807, 2.05) is 32.0 Å². The number of carbonyl (C=O) groups excluding carboxylic acids is 1. The van der Waals surface area contributed by atoms with Crippen LogP contribution in [-0.2, 0) is 0 Å². The van der Waals surface area contributed by atoms with Crippen LogP contribution >= 0.6 is 0 Å². The Morgan fingerprint density at radius 2 is 2.24 bits per heavy atom. The van der Waals surface area contributed by atoms with E-state index in [4.69, 9.17) is 5.11 Å². The molecule has 0 aliphatic heterocycles. The van der Waals surface area contributed by atoms with Gasteiger partial charge in [0, 0.05) is 18.5 Å². The van der Waals surface area contributed by atoms with Crippen molar-refractivity contribution in [1.82, 2.24) is 5.32 Å². The third-order valence-electron chi connectivity index (χ3n) is 2.22. The summed E-state index contributed by atoms with van der Waals surface area (Å²) < 4.78 is 0. The number of amides is 1. The monoisotopic (exact) mass is 231 g/mol. The van der Waals surface area contributed by atoms with Crippen molar-refractivity contribution in [2.45, 2.75) is 20.3 Å². The Morgan fingerprint density at radius 3 is 2.88 bits per heavy atom. The third-order valence-corrected chi connectivity index (χ3v) is 2.22. The van der Waals surface area contributed by atoms with Crippen molar-refractivity contribution in [3.05, 3.63) is 34.9 Å². The van der Waals surface area contributed by atoms with E-state index >= 15 is 0 Å². The van der Waals surface area contributed by atoms with E-state index < -0.39 is 0 Å². The highest BCUT2D eigenvalue weighted by molar-refractivity contribution is 5.96. The lowest BCUT2D eigenvalue weighted by Crippen LogP contribution is -2.23. The fourth-order valence-electron chi connectivity index (χ4n) is 1.42. The van der Waals surface area contributed by atoms with E-state index in [0.29, 0.717) is 24.1 Å². The molecule has 0 radical (unpaired) electrons. The van der Waals surface area contributed by atoms with Gasteiger partial charge in [-0.25, -0.2) is 0 Å². The van der Waals surface area contributed by atoms with E-state index in [9.17, 15) is 4.79 Å². The highest BCUT2D eigenvalue weighted by atomic mass is 16.2. The number of nitrogens with one attached hydrogen (secondary N) is 1. The Kier molecular flexibility index (Phi) is 5.25. The van der Waals surface area contributed by atoms with Gasteiger partial charge in [-0.3, -0.25) is 4.79 Å². The molecule has 0 saturated heterocycles. The van der Waals surface area contributed by atoms with Gasteiger partial charge in [-0.1, -0.05) is 23.5 Å². The molecule has 0 saturated carbocycles. The molecule has 0 aliphatic rings. The normalized spacial score (nSPS) is 9.35. The Bertz CT molecular complexity index is 455. The molecule has 0 bridgehead atoms. The van der Waals surface area contributed by atoms with Crippen LogP contribution in [0.3, 0.4) is 0 Å². The lowest BCUT2D eigenvalue weighted by molar-refractivity contribution is 0.0955. The number of aryl methyl sites for hydroxylation is 1. The Morgan fingerprint density at radius 1 is 1.47 bits per heavy atom. The van der Waals surface area contributed by atoms with Crippen LogP contribution in [0.4, 0.5) is 0 Å². The minimum Gasteiger partial charge on any atom is -0.395 e. The molecule has 0 atom stereocenters. The van der Waals surface area contributed by atoms with Crippen LogP contribution in [0.25, 0.3) is 0 Å². The van der Waals surface area contributed by atoms with Crippen molar-refractivity contribution in [2.24, 2.45) is 0 Å². The summed E-state index contributed by atoms with van der Waals surface area (Å²) in [7, 11) is 0. The molecule has 17 heavy (non-hydrogen) atoms. The quantitative estimate of drug-likeness (QED) is 0.774. The van der Waals surface area contributed by atoms with Gasteiger partial charge in [0.15, 0.2) is 0 Å². The van der Waals surface area contributed by atoms with Gasteiger partial charge in [0.25, 0.3) is 5.91 Å². The molecule has 1 aromatic carbocycles. The van der Waals surface area contributed by atoms with Gasteiger partial charge in [0.2, 0.25) is 0 Å². The maximum Gasteiger partial charge on any atom is 0.252 e. The van der Waals surface area contributed by atoms with Gasteiger partial charge >= 0.3 is 0 Å². The number of carbonyl (C=O) groups is 1. The first-order chi connectivity index (χ1) is 8.19. The van der Waals surface area contributed by atoms with Gasteiger partial charge in [0.1, 0.15) is 0 Å². The first kappa shape index (κ1) is 13.3. The number of aliphatic hydroxyl groups is 1. The van der Waals surface area contributed by atoms with Crippen LogP contribution in [0.1, 0.15) is 34.8 Å². The van der Waals surface area contributed by atoms with Crippen LogP contribution < -0.4 is 5.32 Å². The van der Waals surface area contributed by atoms with Crippen LogP contribution in [0.2, 0.25) is 0 Å². The summed E-state index contributed by atoms with van der Waals surface area (Å²) in [5.41, 5.74) is 2.33. The standard InChI is InChI=1S/C14H17NO2/c1-3-15-14(17)13-10-11(2)7-8-12(13)6-4-5-9-16/h7-8,10,16H,3,5,9H2,1-2H3,(H,15,17). The van der Waals surface area contributed by atoms with Crippen molar-refractivity contribution >= 4 is 5.91 Å². The van der Waals surface area contributed by atoms with Crippen molar-refractivity contribution in [3.63, 3.8) is 0 Å². The molecule has 90 valence electrons. The Labute approximate surface area is 102 Å². The zero-order valence-corrected chi connectivity index (χ0v) is 10.2. The molecule has 0 aromatic heterocycles. The summed E-state index contributed by atoms with van der Waals surface area (Å²) in [6.07, 6.45) is 0.419. The van der Waals surface area contributed by atoms with Gasteiger partial charge in [-0.15, -0.1) is 0 Å². The Hall–Kier alpha value is -1.79. The molecule has 3 heteroatoms. The van der Waals surface area contributed by atoms with E-state index in [1.165, 1.54) is 0 Å². The first-order valence-corrected chi connectivity index (χ1v) is 5.67. The lowest BCUT2D eigenvalue weighted by Gasteiger charge is -2.06. The molecule has 0 fully saturated rings. The fourth-order valence-corrected chi connectivity index (χ4v) is 1.42. The summed E-state index contributed by atoms with van der Waals surface area (Å²) in [6.45, 7) is 4.45. The van der Waals surface area contributed by atoms with Crippen LogP contribution in [0, 0.1) is 18.8 Å². The molecular formula is C14H17NO2. The lowest BCUT2D eigenvalue weighted by atomic mass is 10.0. The van der Waals surface area contributed by atoms with E-state index in [1.54, 1.807) is 0 Å². The highest BCUT2D eigenvalue weighted by Crippen LogP contribution is 2.10. The van der Waals surface area contributed by atoms with Crippen molar-refractivity contribution in [1.29, 1.82) is 0 Å². The van der Waals surface area contributed by atoms with E-state index in [2.05, 4.69) is 17.2 Å². The topological polar surface area (TPSA) is 49.3 Å². The molecule has 1 aromatic rings. The zero-order valence-electron chi connectivity index (χ0n) is 10.2. The summed E-state index contributed by atoms with van der Waals surface area (Å²) in [6, 6.07) is 5.59. The molecule has 2 N–H and O–H groups in total. The van der Waals surface area contributed by atoms with Gasteiger partial charge < -0.3 is 10.4 Å². The van der Waals surface area contributed by atoms with Crippen molar-refractivity contribution in [2.75, 3.05) is 13.2 Å². The van der Waals surface area contributed by atoms with Gasteiger partial charge in [-0.05, 0) is 26.0 Å². The molecule has 0 aliphatic carbocycles. The second-order valence-electron chi connectivity index (χ2n) is 3.68. The molecule has 1 rings (SSSR count). The molecule has 0 unspecified atom stereocenters. The minimum atomic E-state index is -0.107. The summed E-state index contributed by atoms with van der Waals surface area (Å²) in [5, 5.41) is 11.4. The van der Waals surface area contributed by atoms with Crippen LogP contribution in [0.15, 0.2) is 18.2 Å². The van der Waals surface area contributed by atoms with Crippen molar-refractivity contribution < 1.29 is 9.90 Å². The number of benzene rings is 1. The third kappa shape index (κ3) is 3.93. The summed E-state index contributed by atoms with van der Waals surface area (Å²) >= 11 is 0. The second kappa shape index (κ2) is 6.72. The largest absolute Gasteiger partial charge is 0.395 e. The van der Waals surface area contributed by atoms with Crippen LogP contribution in [-0.4, -0.2) is 24.2 Å². The zero-order chi connectivity index (χ0) is 12.7. The van der Waals surface area contributed by atoms with E-state index in [0.717, 1.165) is 5.56 Å². The van der Waals surface area contributed by atoms with E-state index in [-0.39, 0.29) is 12.5 Å². The predicted octanol–water partition coefficient (Wildman–Crippen LogP) is 1.48. The van der Waals surface area contributed by atoms with Crippen LogP contribution in [0.5, 0.6) is 0 Å². The molecule has 0 spiro atoms. The number of aliphatic hydroxyl groups excluding tert-OH is 1. The average molecular weight is 231 g/mol. The maximum atomic E-state index is 11.8. The molecule has 3 nitrogen and oxygen atoms in total. The number of hydrogen-bond acceptors (Lipinski definition) is 2. The maximum absolute atomic E-state index is 11.8. The molecule has 0 heterocycles. The van der Waals surface area contributed by atoms with Gasteiger partial charge in [0.05, 0.1) is 12.2 Å². The second-order valence-corrected chi connectivity index (χ2v) is 3.68. The average Bonchev–Trinajstić information content (AvgIpc) is 2.31. The summed E-state index contributed by atoms with van der Waals surface area (Å²) in [5.74, 6) is 5.63. The molecule has 1 amide bonds. The first-order valence-electron chi connectivity index (χ1n) is 5.67. The number of hydrogen-bond donors (Lipinski definition) is 2. The highest BCUT2D eigenvalue weighted by Gasteiger charge is 2.08. The number of rotatable bonds is 3. The predicted molar refractivity (Wildman–Crippen MR) is 67.8 cm³/mol. The fraction of sp³-hybridized carbons (Fsp3) is 0.357. The molecular weight excluding hydrogens is 214 g/mol. The minimum absolute atomic E-state index is 0.0371. The van der Waals surface area contributed by atoms with Gasteiger partial charge in [-0.2, -0.15) is 0 Å². The Balaban J connectivity index is 3.04. The van der Waals surface area contributed by atoms with Crippen molar-refractivity contribution in [3.8, 4) is 11.8 Å². The summed E-state index contributed by atoms with van der Waals surface area (Å²) in [4.78, 5) is 11.8.